The van der Waals surface area contributed by atoms with Gasteiger partial charge in [-0.15, -0.1) is 4.98 Å². The zero-order valence-electron chi connectivity index (χ0n) is 13.1. The molecule has 0 aliphatic carbocycles. The molecule has 0 radical (unpaired) electrons. The van der Waals surface area contributed by atoms with Crippen molar-refractivity contribution in [2.75, 3.05) is 11.5 Å². The predicted molar refractivity (Wildman–Crippen MR) is 94.0 cm³/mol. The van der Waals surface area contributed by atoms with Crippen LogP contribution in [0.5, 0.6) is 0 Å². The van der Waals surface area contributed by atoms with Gasteiger partial charge < -0.3 is 16.3 Å². The van der Waals surface area contributed by atoms with Gasteiger partial charge in [0, 0.05) is 11.1 Å². The summed E-state index contributed by atoms with van der Waals surface area (Å²) >= 11 is 3.12. The summed E-state index contributed by atoms with van der Waals surface area (Å²) in [7, 11) is 0. The van der Waals surface area contributed by atoms with Crippen molar-refractivity contribution in [3.8, 4) is 0 Å². The second-order valence-corrected chi connectivity index (χ2v) is 5.36. The molecule has 2 aromatic heterocycles. The normalized spacial score (nSPS) is 9.52. The zero-order valence-corrected chi connectivity index (χ0v) is 14.6. The largest absolute Gasteiger partial charge is 0.394 e. The van der Waals surface area contributed by atoms with Gasteiger partial charge in [0.15, 0.2) is 6.20 Å². The third-order valence-corrected chi connectivity index (χ3v) is 3.91. The Morgan fingerprint density at radius 2 is 1.48 bits per heavy atom. The number of hydrogen-bond donors (Lipinski definition) is 2. The molecule has 2 heterocycles. The smallest absolute Gasteiger partial charge is 0.332 e. The van der Waals surface area contributed by atoms with Crippen LogP contribution in [0.15, 0.2) is 17.0 Å². The molecular weight excluding hydrogens is 398 g/mol. The minimum Gasteiger partial charge on any atom is -0.394 e. The monoisotopic (exact) mass is 409 g/mol. The van der Waals surface area contributed by atoms with Crippen LogP contribution in [0, 0.1) is 40.6 Å². The van der Waals surface area contributed by atoms with Crippen molar-refractivity contribution in [2.45, 2.75) is 13.8 Å². The van der Waals surface area contributed by atoms with Gasteiger partial charge in [-0.05, 0) is 29.8 Å². The third-order valence-electron chi connectivity index (χ3n) is 3.11. The summed E-state index contributed by atoms with van der Waals surface area (Å²) in [5, 5.41) is 20.7. The lowest BCUT2D eigenvalue weighted by Crippen LogP contribution is -1.99. The summed E-state index contributed by atoms with van der Waals surface area (Å²) < 4.78 is 0.533. The molecule has 0 bridgehead atoms. The molecule has 2 rings (SSSR count). The number of nitrogens with zero attached hydrogens (tertiary/aromatic N) is 5. The first-order valence-electron chi connectivity index (χ1n) is 6.43. The molecule has 0 spiro atoms. The van der Waals surface area contributed by atoms with E-state index in [0.29, 0.717) is 15.7 Å². The van der Waals surface area contributed by atoms with E-state index in [2.05, 4.69) is 30.7 Å². The zero-order chi connectivity index (χ0) is 19.3. The predicted octanol–water partition coefficient (Wildman–Crippen LogP) is 3.07. The second kappa shape index (κ2) is 7.97. The minimum absolute atomic E-state index is 0.00556. The fraction of sp³-hybridized carbons (Fsp3) is 0.154. The van der Waals surface area contributed by atoms with Crippen LogP contribution in [0.3, 0.4) is 0 Å². The second-order valence-electron chi connectivity index (χ2n) is 4.60. The molecule has 4 N–H and O–H groups in total. The average Bonchev–Trinajstić information content (AvgIpc) is 2.55. The van der Waals surface area contributed by atoms with E-state index in [1.165, 1.54) is 6.92 Å². The van der Waals surface area contributed by atoms with E-state index in [4.69, 9.17) is 18.0 Å². The summed E-state index contributed by atoms with van der Waals surface area (Å²) in [6.45, 7) is 9.89. The SMILES string of the molecule is Cc1c(Br)ncc([N+](=O)[O-])c1N.[C-]#[N+]c1ncc([N+](=O)[O-])c(N)c1C. The number of hydrogen-bond acceptors (Lipinski definition) is 8. The molecule has 2 aromatic rings. The molecule has 0 amide bonds. The molecule has 0 saturated carbocycles. The van der Waals surface area contributed by atoms with Crippen molar-refractivity contribution in [3.05, 3.63) is 59.8 Å². The highest BCUT2D eigenvalue weighted by Crippen LogP contribution is 2.29. The maximum Gasteiger partial charge on any atom is 0.332 e. The van der Waals surface area contributed by atoms with Crippen LogP contribution >= 0.6 is 15.9 Å². The van der Waals surface area contributed by atoms with Crippen LogP contribution in [-0.2, 0) is 0 Å². The van der Waals surface area contributed by atoms with E-state index in [9.17, 15) is 20.2 Å². The van der Waals surface area contributed by atoms with Crippen LogP contribution in [-0.4, -0.2) is 19.8 Å². The van der Waals surface area contributed by atoms with E-state index in [1.807, 2.05) is 0 Å². The first-order valence-corrected chi connectivity index (χ1v) is 7.23. The summed E-state index contributed by atoms with van der Waals surface area (Å²) in [6, 6.07) is 0. The van der Waals surface area contributed by atoms with Gasteiger partial charge in [0.05, 0.1) is 9.85 Å². The molecule has 0 aliphatic rings. The van der Waals surface area contributed by atoms with Crippen molar-refractivity contribution < 1.29 is 9.85 Å². The molecule has 11 nitrogen and oxygen atoms in total. The molecule has 0 fully saturated rings. The van der Waals surface area contributed by atoms with E-state index in [1.54, 1.807) is 6.92 Å². The lowest BCUT2D eigenvalue weighted by atomic mass is 10.2. The molecule has 0 aromatic carbocycles. The Morgan fingerprint density at radius 3 is 1.92 bits per heavy atom. The number of nitrogens with two attached hydrogens (primary N) is 2. The van der Waals surface area contributed by atoms with Crippen molar-refractivity contribution in [1.82, 2.24) is 9.97 Å². The highest BCUT2D eigenvalue weighted by Gasteiger charge is 2.18. The fourth-order valence-corrected chi connectivity index (χ4v) is 1.91. The van der Waals surface area contributed by atoms with Gasteiger partial charge in [-0.3, -0.25) is 20.2 Å². The summed E-state index contributed by atoms with van der Waals surface area (Å²) in [5.74, 6) is 0.100. The van der Waals surface area contributed by atoms with Crippen molar-refractivity contribution in [2.24, 2.45) is 0 Å². The number of nitro groups is 2. The van der Waals surface area contributed by atoms with Gasteiger partial charge in [0.1, 0.15) is 22.2 Å². The van der Waals surface area contributed by atoms with E-state index < -0.39 is 9.85 Å². The van der Waals surface area contributed by atoms with E-state index in [0.717, 1.165) is 12.4 Å². The highest BCUT2D eigenvalue weighted by atomic mass is 79.9. The summed E-state index contributed by atoms with van der Waals surface area (Å²) in [6.07, 6.45) is 2.13. The summed E-state index contributed by atoms with van der Waals surface area (Å²) in [5.41, 5.74) is 11.6. The molecule has 130 valence electrons. The van der Waals surface area contributed by atoms with Crippen molar-refractivity contribution in [3.63, 3.8) is 0 Å². The van der Waals surface area contributed by atoms with Gasteiger partial charge in [0.2, 0.25) is 0 Å². The van der Waals surface area contributed by atoms with Gasteiger partial charge >= 0.3 is 11.4 Å². The molecule has 0 saturated heterocycles. The van der Waals surface area contributed by atoms with Gasteiger partial charge in [-0.2, -0.15) is 0 Å². The maximum absolute atomic E-state index is 10.4. The molecule has 0 unspecified atom stereocenters. The Kier molecular flexibility index (Phi) is 6.29. The number of nitrogen functional groups attached to an aromatic ring is 2. The van der Waals surface area contributed by atoms with Gasteiger partial charge in [0.25, 0.3) is 5.82 Å². The van der Waals surface area contributed by atoms with Crippen LogP contribution in [0.2, 0.25) is 0 Å². The Bertz CT molecular complexity index is 895. The number of anilines is 2. The molecule has 0 aliphatic heterocycles. The quantitative estimate of drug-likeness (QED) is 0.329. The maximum atomic E-state index is 10.4. The molecular formula is C13H12BrN7O4. The van der Waals surface area contributed by atoms with Crippen LogP contribution in [0.1, 0.15) is 11.1 Å². The Balaban J connectivity index is 0.000000251. The molecule has 25 heavy (non-hydrogen) atoms. The van der Waals surface area contributed by atoms with Crippen LogP contribution < -0.4 is 11.5 Å². The standard InChI is InChI=1S/C7H6N4O2.C6H6BrN3O2/c1-4-6(8)5(11(12)13)3-10-7(4)9-2;1-3-5(8)4(10(11)12)2-9-6(3)7/h3H,1H3,(H2,8,10);2H,1H3,(H2,8,9). The lowest BCUT2D eigenvalue weighted by molar-refractivity contribution is -0.384. The third kappa shape index (κ3) is 4.36. The van der Waals surface area contributed by atoms with Crippen LogP contribution in [0.4, 0.5) is 28.6 Å². The van der Waals surface area contributed by atoms with Gasteiger partial charge in [-0.1, -0.05) is 6.57 Å². The fourth-order valence-electron chi connectivity index (χ4n) is 1.59. The molecule has 0 atom stereocenters. The number of aromatic nitrogens is 2. The van der Waals surface area contributed by atoms with Crippen molar-refractivity contribution >= 4 is 44.5 Å². The highest BCUT2D eigenvalue weighted by molar-refractivity contribution is 9.10. The van der Waals surface area contributed by atoms with E-state index >= 15 is 0 Å². The van der Waals surface area contributed by atoms with Crippen LogP contribution in [0.25, 0.3) is 4.85 Å². The Labute approximate surface area is 149 Å². The molecule has 12 heteroatoms. The Hall–Kier alpha value is -3.33. The topological polar surface area (TPSA) is 168 Å². The Morgan fingerprint density at radius 1 is 1.04 bits per heavy atom. The lowest BCUT2D eigenvalue weighted by Gasteiger charge is -2.01. The first kappa shape index (κ1) is 19.7. The van der Waals surface area contributed by atoms with E-state index in [-0.39, 0.29) is 28.6 Å². The van der Waals surface area contributed by atoms with Crippen molar-refractivity contribution in [1.29, 1.82) is 0 Å². The minimum atomic E-state index is -0.622. The number of pyridine rings is 2. The number of rotatable bonds is 2. The average molecular weight is 410 g/mol. The first-order chi connectivity index (χ1) is 11.6. The number of halogens is 1. The van der Waals surface area contributed by atoms with Gasteiger partial charge in [-0.25, -0.2) is 4.98 Å². The summed E-state index contributed by atoms with van der Waals surface area (Å²) in [4.78, 5) is 30.0.